The van der Waals surface area contributed by atoms with Crippen LogP contribution in [-0.4, -0.2) is 28.5 Å². The first-order valence-electron chi connectivity index (χ1n) is 6.70. The van der Waals surface area contributed by atoms with Crippen LogP contribution in [0.1, 0.15) is 31.9 Å². The molecule has 0 aromatic heterocycles. The van der Waals surface area contributed by atoms with Crippen molar-refractivity contribution in [2.45, 2.75) is 38.9 Å². The average molecular weight is 319 g/mol. The van der Waals surface area contributed by atoms with Crippen LogP contribution in [0.15, 0.2) is 24.3 Å². The van der Waals surface area contributed by atoms with Crippen molar-refractivity contribution in [3.05, 3.63) is 35.4 Å². The van der Waals surface area contributed by atoms with Gasteiger partial charge in [0.1, 0.15) is 0 Å². The number of carbonyl (C=O) groups is 1. The van der Waals surface area contributed by atoms with Gasteiger partial charge in [-0.15, -0.1) is 0 Å². The van der Waals surface area contributed by atoms with E-state index in [0.717, 1.165) is 6.07 Å². The number of rotatable bonds is 4. The zero-order valence-electron chi connectivity index (χ0n) is 12.7. The summed E-state index contributed by atoms with van der Waals surface area (Å²) < 4.78 is 39.3. The molecule has 0 aliphatic carbocycles. The molecule has 1 aromatic rings. The fourth-order valence-electron chi connectivity index (χ4n) is 2.31. The van der Waals surface area contributed by atoms with E-state index in [9.17, 15) is 23.1 Å². The molecule has 1 amide bonds. The topological polar surface area (TPSA) is 69.6 Å². The smallest absolute Gasteiger partial charge is 0.416 e. The number of hydrogen-bond acceptors (Lipinski definition) is 2. The summed E-state index contributed by atoms with van der Waals surface area (Å²) in [6.45, 7) is 4.37. The maximum atomic E-state index is 13.1. The number of benzene rings is 1. The van der Waals surface area contributed by atoms with Gasteiger partial charge in [0.15, 0.2) is 0 Å². The Bertz CT molecular complexity index is 538. The normalized spacial score (nSPS) is 15.2. The molecule has 4 nitrogen and oxygen atoms in total. The Kier molecular flexibility index (Phi) is 5.12. The number of amides is 1. The quantitative estimate of drug-likeness (QED) is 0.797. The third-order valence-electron chi connectivity index (χ3n) is 3.87. The zero-order valence-corrected chi connectivity index (χ0v) is 12.7. The highest BCUT2D eigenvalue weighted by atomic mass is 19.4. The van der Waals surface area contributed by atoms with Crippen molar-refractivity contribution in [2.24, 2.45) is 5.41 Å². The number of hydrogen-bond donors (Lipinski definition) is 3. The van der Waals surface area contributed by atoms with Crippen LogP contribution in [0.3, 0.4) is 0 Å². The SMILES string of the molecule is CC(C)(C)[C@](CO)(Cc1ccccc1C(F)(F)F)NC(=O)O. The monoisotopic (exact) mass is 319 g/mol. The highest BCUT2D eigenvalue weighted by molar-refractivity contribution is 5.66. The molecule has 1 atom stereocenters. The first-order chi connectivity index (χ1) is 9.93. The average Bonchev–Trinajstić information content (AvgIpc) is 2.35. The standard InChI is InChI=1S/C15H20F3NO3/c1-13(2,3)14(9-20,19-12(21)22)8-10-6-4-5-7-11(10)15(16,17)18/h4-7,19-20H,8-9H2,1-3H3,(H,21,22)/t14-/m1/s1. The third-order valence-corrected chi connectivity index (χ3v) is 3.87. The lowest BCUT2D eigenvalue weighted by atomic mass is 9.70. The second-order valence-electron chi connectivity index (χ2n) is 6.25. The zero-order chi connectivity index (χ0) is 17.2. The van der Waals surface area contributed by atoms with Crippen molar-refractivity contribution < 1.29 is 28.2 Å². The van der Waals surface area contributed by atoms with Crippen molar-refractivity contribution in [3.63, 3.8) is 0 Å². The molecule has 3 N–H and O–H groups in total. The van der Waals surface area contributed by atoms with Crippen molar-refractivity contribution >= 4 is 6.09 Å². The fourth-order valence-corrected chi connectivity index (χ4v) is 2.31. The predicted molar refractivity (Wildman–Crippen MR) is 75.6 cm³/mol. The summed E-state index contributed by atoms with van der Waals surface area (Å²) in [5, 5.41) is 20.9. The molecule has 0 spiro atoms. The van der Waals surface area contributed by atoms with E-state index in [1.807, 2.05) is 0 Å². The van der Waals surface area contributed by atoms with Crippen LogP contribution in [0.25, 0.3) is 0 Å². The number of carboxylic acid groups (broad SMARTS) is 1. The number of aliphatic hydroxyl groups is 1. The summed E-state index contributed by atoms with van der Waals surface area (Å²) in [5.74, 6) is 0. The molecule has 0 radical (unpaired) electrons. The van der Waals surface area contributed by atoms with E-state index < -0.39 is 35.4 Å². The summed E-state index contributed by atoms with van der Waals surface area (Å²) in [6.07, 6.45) is -6.21. The molecule has 22 heavy (non-hydrogen) atoms. The predicted octanol–water partition coefficient (Wildman–Crippen LogP) is 3.29. The minimum Gasteiger partial charge on any atom is -0.465 e. The molecular formula is C15H20F3NO3. The van der Waals surface area contributed by atoms with E-state index in [4.69, 9.17) is 5.11 Å². The molecule has 7 heteroatoms. The van der Waals surface area contributed by atoms with Gasteiger partial charge in [-0.05, 0) is 23.5 Å². The molecule has 0 aliphatic rings. The van der Waals surface area contributed by atoms with Crippen LogP contribution in [0.5, 0.6) is 0 Å². The van der Waals surface area contributed by atoms with Crippen LogP contribution in [0.4, 0.5) is 18.0 Å². The van der Waals surface area contributed by atoms with E-state index in [-0.39, 0.29) is 12.0 Å². The lowest BCUT2D eigenvalue weighted by Crippen LogP contribution is -2.61. The molecule has 124 valence electrons. The van der Waals surface area contributed by atoms with Crippen molar-refractivity contribution in [2.75, 3.05) is 6.61 Å². The van der Waals surface area contributed by atoms with Gasteiger partial charge in [0.05, 0.1) is 17.7 Å². The van der Waals surface area contributed by atoms with E-state index in [0.29, 0.717) is 0 Å². The van der Waals surface area contributed by atoms with Gasteiger partial charge in [0, 0.05) is 0 Å². The van der Waals surface area contributed by atoms with Crippen LogP contribution in [-0.2, 0) is 12.6 Å². The van der Waals surface area contributed by atoms with Crippen LogP contribution in [0.2, 0.25) is 0 Å². The minimum atomic E-state index is -4.54. The van der Waals surface area contributed by atoms with Crippen molar-refractivity contribution in [1.29, 1.82) is 0 Å². The highest BCUT2D eigenvalue weighted by Gasteiger charge is 2.45. The van der Waals surface area contributed by atoms with Crippen LogP contribution >= 0.6 is 0 Å². The maximum Gasteiger partial charge on any atom is 0.416 e. The Hall–Kier alpha value is -1.76. The number of aliphatic hydroxyl groups excluding tert-OH is 1. The van der Waals surface area contributed by atoms with Crippen molar-refractivity contribution in [3.8, 4) is 0 Å². The number of halogens is 3. The van der Waals surface area contributed by atoms with Crippen LogP contribution < -0.4 is 5.32 Å². The molecular weight excluding hydrogens is 299 g/mol. The second-order valence-corrected chi connectivity index (χ2v) is 6.25. The lowest BCUT2D eigenvalue weighted by molar-refractivity contribution is -0.138. The summed E-state index contributed by atoms with van der Waals surface area (Å²) in [7, 11) is 0. The Morgan fingerprint density at radius 1 is 1.18 bits per heavy atom. The molecule has 0 saturated carbocycles. The molecule has 0 saturated heterocycles. The fraction of sp³-hybridized carbons (Fsp3) is 0.533. The summed E-state index contributed by atoms with van der Waals surface area (Å²) in [4.78, 5) is 11.0. The molecule has 0 aliphatic heterocycles. The van der Waals surface area contributed by atoms with Gasteiger partial charge in [-0.2, -0.15) is 13.2 Å². The molecule has 1 rings (SSSR count). The van der Waals surface area contributed by atoms with Gasteiger partial charge in [-0.25, -0.2) is 4.79 Å². The van der Waals surface area contributed by atoms with Gasteiger partial charge in [-0.1, -0.05) is 39.0 Å². The van der Waals surface area contributed by atoms with Crippen molar-refractivity contribution in [1.82, 2.24) is 5.32 Å². The van der Waals surface area contributed by atoms with E-state index in [1.54, 1.807) is 20.8 Å². The van der Waals surface area contributed by atoms with Gasteiger partial charge in [0.25, 0.3) is 0 Å². The summed E-state index contributed by atoms with van der Waals surface area (Å²) in [5.41, 5.74) is -3.11. The second kappa shape index (κ2) is 6.16. The van der Waals surface area contributed by atoms with Gasteiger partial charge < -0.3 is 15.5 Å². The van der Waals surface area contributed by atoms with Gasteiger partial charge in [0.2, 0.25) is 0 Å². The first kappa shape index (κ1) is 18.3. The Balaban J connectivity index is 3.35. The Morgan fingerprint density at radius 2 is 1.73 bits per heavy atom. The molecule has 0 bridgehead atoms. The van der Waals surface area contributed by atoms with E-state index in [1.165, 1.54) is 18.2 Å². The van der Waals surface area contributed by atoms with Gasteiger partial charge in [-0.3, -0.25) is 0 Å². The van der Waals surface area contributed by atoms with E-state index in [2.05, 4.69) is 5.32 Å². The molecule has 0 unspecified atom stereocenters. The highest BCUT2D eigenvalue weighted by Crippen LogP contribution is 2.38. The largest absolute Gasteiger partial charge is 0.465 e. The number of nitrogens with one attached hydrogen (secondary N) is 1. The maximum absolute atomic E-state index is 13.1. The van der Waals surface area contributed by atoms with E-state index >= 15 is 0 Å². The lowest BCUT2D eigenvalue weighted by Gasteiger charge is -2.44. The first-order valence-corrected chi connectivity index (χ1v) is 6.70. The summed E-state index contributed by atoms with van der Waals surface area (Å²) in [6, 6.07) is 4.97. The summed E-state index contributed by atoms with van der Waals surface area (Å²) >= 11 is 0. The minimum absolute atomic E-state index is 0.0623. The molecule has 1 aromatic carbocycles. The van der Waals surface area contributed by atoms with Gasteiger partial charge >= 0.3 is 12.3 Å². The third kappa shape index (κ3) is 3.91. The van der Waals surface area contributed by atoms with Crippen LogP contribution in [0, 0.1) is 5.41 Å². The Labute approximate surface area is 127 Å². The molecule has 0 heterocycles. The molecule has 0 fully saturated rings. The number of alkyl halides is 3. The Morgan fingerprint density at radius 3 is 2.14 bits per heavy atom.